The smallest absolute Gasteiger partial charge is 0.146 e. The van der Waals surface area contributed by atoms with E-state index in [2.05, 4.69) is 15.4 Å². The number of nitrogens with two attached hydrogens (primary N) is 1. The van der Waals surface area contributed by atoms with Gasteiger partial charge in [0.1, 0.15) is 16.9 Å². The molecule has 0 radical (unpaired) electrons. The van der Waals surface area contributed by atoms with Crippen LogP contribution < -0.4 is 11.1 Å². The van der Waals surface area contributed by atoms with Gasteiger partial charge in [-0.05, 0) is 6.07 Å². The predicted molar refractivity (Wildman–Crippen MR) is 69.1 cm³/mol. The first-order chi connectivity index (χ1) is 8.70. The van der Waals surface area contributed by atoms with E-state index in [4.69, 9.17) is 22.6 Å². The van der Waals surface area contributed by atoms with Crippen LogP contribution >= 0.6 is 11.6 Å². The van der Waals surface area contributed by atoms with Crippen molar-refractivity contribution >= 4 is 23.1 Å². The Morgan fingerprint density at radius 2 is 2.39 bits per heavy atom. The van der Waals surface area contributed by atoms with Crippen LogP contribution in [0.1, 0.15) is 5.56 Å². The molecule has 0 atom stereocenters. The largest absolute Gasteiger partial charge is 0.396 e. The zero-order valence-electron chi connectivity index (χ0n) is 9.47. The first-order valence-corrected chi connectivity index (χ1v) is 5.65. The number of anilines is 2. The number of nitrogens with one attached hydrogen (secondary N) is 1. The molecule has 18 heavy (non-hydrogen) atoms. The summed E-state index contributed by atoms with van der Waals surface area (Å²) in [6.45, 7) is 1.22. The van der Waals surface area contributed by atoms with Gasteiger partial charge in [-0.3, -0.25) is 4.68 Å². The van der Waals surface area contributed by atoms with Gasteiger partial charge in [0.05, 0.1) is 24.0 Å². The fraction of sp³-hybridized carbons (Fsp3) is 0.182. The Labute approximate surface area is 109 Å². The van der Waals surface area contributed by atoms with Crippen molar-refractivity contribution in [3.63, 3.8) is 0 Å². The molecule has 0 fully saturated rings. The highest BCUT2D eigenvalue weighted by molar-refractivity contribution is 6.34. The maximum atomic E-state index is 8.83. The van der Waals surface area contributed by atoms with Gasteiger partial charge in [-0.25, -0.2) is 4.98 Å². The molecular formula is C11H11ClN6. The third-order valence-corrected chi connectivity index (χ3v) is 2.68. The van der Waals surface area contributed by atoms with Gasteiger partial charge in [0.2, 0.25) is 0 Å². The van der Waals surface area contributed by atoms with Crippen molar-refractivity contribution in [3.8, 4) is 6.07 Å². The van der Waals surface area contributed by atoms with Crippen LogP contribution in [0.4, 0.5) is 11.5 Å². The Bertz CT molecular complexity index is 585. The summed E-state index contributed by atoms with van der Waals surface area (Å²) in [5, 5.41) is 16.3. The highest BCUT2D eigenvalue weighted by atomic mass is 35.5. The minimum absolute atomic E-state index is 0.333. The number of nitrogens with zero attached hydrogens (tertiary/aromatic N) is 4. The molecule has 0 unspecified atom stereocenters. The summed E-state index contributed by atoms with van der Waals surface area (Å²) in [5.74, 6) is 0.496. The molecule has 2 aromatic rings. The maximum absolute atomic E-state index is 8.83. The van der Waals surface area contributed by atoms with Crippen molar-refractivity contribution in [1.29, 1.82) is 5.26 Å². The summed E-state index contributed by atoms with van der Waals surface area (Å²) in [7, 11) is 0. The number of nitriles is 1. The molecule has 92 valence electrons. The van der Waals surface area contributed by atoms with Crippen molar-refractivity contribution in [3.05, 3.63) is 35.2 Å². The molecular weight excluding hydrogens is 252 g/mol. The molecule has 0 aliphatic rings. The Morgan fingerprint density at radius 1 is 1.56 bits per heavy atom. The molecule has 0 aliphatic carbocycles. The summed E-state index contributed by atoms with van der Waals surface area (Å²) in [4.78, 5) is 4.07. The summed E-state index contributed by atoms with van der Waals surface area (Å²) < 4.78 is 1.71. The minimum Gasteiger partial charge on any atom is -0.396 e. The van der Waals surface area contributed by atoms with E-state index in [0.717, 1.165) is 0 Å². The van der Waals surface area contributed by atoms with Crippen LogP contribution in [0.15, 0.2) is 24.7 Å². The average molecular weight is 263 g/mol. The molecule has 0 saturated heterocycles. The number of halogens is 1. The van der Waals surface area contributed by atoms with E-state index in [1.807, 2.05) is 6.07 Å². The third kappa shape index (κ3) is 2.70. The Morgan fingerprint density at radius 3 is 3.06 bits per heavy atom. The first kappa shape index (κ1) is 12.2. The van der Waals surface area contributed by atoms with E-state index in [1.54, 1.807) is 29.3 Å². The topological polar surface area (TPSA) is 92.5 Å². The SMILES string of the molecule is N#Cc1ccnc(NCCn2cc(N)cn2)c1Cl. The third-order valence-electron chi connectivity index (χ3n) is 2.30. The zero-order chi connectivity index (χ0) is 13.0. The lowest BCUT2D eigenvalue weighted by Gasteiger charge is -2.07. The van der Waals surface area contributed by atoms with Crippen LogP contribution in [0.3, 0.4) is 0 Å². The fourth-order valence-corrected chi connectivity index (χ4v) is 1.66. The van der Waals surface area contributed by atoms with Gasteiger partial charge >= 0.3 is 0 Å². The standard InChI is InChI=1S/C11H11ClN6/c12-10-8(5-13)1-2-15-11(10)16-3-4-18-7-9(14)6-17-18/h1-2,6-7H,3-4,14H2,(H,15,16). The van der Waals surface area contributed by atoms with Crippen molar-refractivity contribution in [1.82, 2.24) is 14.8 Å². The fourth-order valence-electron chi connectivity index (χ4n) is 1.44. The summed E-state index contributed by atoms with van der Waals surface area (Å²) in [5.41, 5.74) is 6.57. The van der Waals surface area contributed by atoms with Crippen LogP contribution in [0, 0.1) is 11.3 Å². The predicted octanol–water partition coefficient (Wildman–Crippen LogP) is 1.50. The Kier molecular flexibility index (Phi) is 3.65. The monoisotopic (exact) mass is 262 g/mol. The van der Waals surface area contributed by atoms with Gasteiger partial charge in [0.25, 0.3) is 0 Å². The van der Waals surface area contributed by atoms with Gasteiger partial charge in [0, 0.05) is 18.9 Å². The lowest BCUT2D eigenvalue weighted by Crippen LogP contribution is -2.12. The van der Waals surface area contributed by atoms with Gasteiger partial charge in [-0.15, -0.1) is 0 Å². The van der Waals surface area contributed by atoms with Crippen LogP contribution in [-0.2, 0) is 6.54 Å². The molecule has 0 spiro atoms. The van der Waals surface area contributed by atoms with E-state index in [1.165, 1.54) is 0 Å². The molecule has 3 N–H and O–H groups in total. The molecule has 0 saturated carbocycles. The van der Waals surface area contributed by atoms with E-state index in [9.17, 15) is 0 Å². The number of pyridine rings is 1. The average Bonchev–Trinajstić information content (AvgIpc) is 2.77. The van der Waals surface area contributed by atoms with E-state index in [-0.39, 0.29) is 0 Å². The molecule has 6 nitrogen and oxygen atoms in total. The quantitative estimate of drug-likeness (QED) is 0.871. The van der Waals surface area contributed by atoms with Gasteiger partial charge in [-0.1, -0.05) is 11.6 Å². The van der Waals surface area contributed by atoms with E-state index < -0.39 is 0 Å². The normalized spacial score (nSPS) is 10.0. The minimum atomic E-state index is 0.333. The zero-order valence-corrected chi connectivity index (χ0v) is 10.2. The number of hydrogen-bond donors (Lipinski definition) is 2. The number of aromatic nitrogens is 3. The van der Waals surface area contributed by atoms with Gasteiger partial charge in [-0.2, -0.15) is 10.4 Å². The summed E-state index contributed by atoms with van der Waals surface area (Å²) in [6.07, 6.45) is 4.86. The summed E-state index contributed by atoms with van der Waals surface area (Å²) >= 11 is 6.00. The van der Waals surface area contributed by atoms with Crippen LogP contribution in [0.2, 0.25) is 5.02 Å². The molecule has 0 bridgehead atoms. The Balaban J connectivity index is 1.97. The number of rotatable bonds is 4. The van der Waals surface area contributed by atoms with Crippen molar-refractivity contribution in [2.24, 2.45) is 0 Å². The van der Waals surface area contributed by atoms with Crippen molar-refractivity contribution < 1.29 is 0 Å². The van der Waals surface area contributed by atoms with Gasteiger partial charge < -0.3 is 11.1 Å². The second-order valence-electron chi connectivity index (χ2n) is 3.60. The molecule has 0 aromatic carbocycles. The number of nitrogen functional groups attached to an aromatic ring is 1. The lowest BCUT2D eigenvalue weighted by atomic mass is 10.3. The van der Waals surface area contributed by atoms with Crippen molar-refractivity contribution in [2.75, 3.05) is 17.6 Å². The second-order valence-corrected chi connectivity index (χ2v) is 3.97. The highest BCUT2D eigenvalue weighted by Crippen LogP contribution is 2.22. The second kappa shape index (κ2) is 5.38. The lowest BCUT2D eigenvalue weighted by molar-refractivity contribution is 0.637. The maximum Gasteiger partial charge on any atom is 0.146 e. The van der Waals surface area contributed by atoms with E-state index >= 15 is 0 Å². The number of hydrogen-bond acceptors (Lipinski definition) is 5. The van der Waals surface area contributed by atoms with Crippen LogP contribution in [-0.4, -0.2) is 21.3 Å². The van der Waals surface area contributed by atoms with E-state index in [0.29, 0.717) is 35.2 Å². The Hall–Kier alpha value is -2.26. The first-order valence-electron chi connectivity index (χ1n) is 5.27. The molecule has 0 aliphatic heterocycles. The summed E-state index contributed by atoms with van der Waals surface area (Å²) in [6, 6.07) is 3.57. The van der Waals surface area contributed by atoms with Crippen LogP contribution in [0.25, 0.3) is 0 Å². The van der Waals surface area contributed by atoms with Crippen LogP contribution in [0.5, 0.6) is 0 Å². The molecule has 7 heteroatoms. The molecule has 2 rings (SSSR count). The van der Waals surface area contributed by atoms with Gasteiger partial charge in [0.15, 0.2) is 0 Å². The van der Waals surface area contributed by atoms with Crippen molar-refractivity contribution in [2.45, 2.75) is 6.54 Å². The molecule has 2 heterocycles. The molecule has 2 aromatic heterocycles. The highest BCUT2D eigenvalue weighted by Gasteiger charge is 2.06. The molecule has 0 amide bonds.